The Morgan fingerprint density at radius 1 is 1.00 bits per heavy atom. The number of nitrogens with one attached hydrogen (secondary N) is 1. The third-order valence-corrected chi connectivity index (χ3v) is 4.49. The summed E-state index contributed by atoms with van der Waals surface area (Å²) in [6.07, 6.45) is -2.68. The maximum absolute atomic E-state index is 12.7. The zero-order valence-corrected chi connectivity index (χ0v) is 16.0. The molecule has 0 spiro atoms. The van der Waals surface area contributed by atoms with Gasteiger partial charge in [0.1, 0.15) is 0 Å². The highest BCUT2D eigenvalue weighted by Crippen LogP contribution is 2.29. The predicted octanol–water partition coefficient (Wildman–Crippen LogP) is 5.12. The molecule has 4 aromatic rings. The Morgan fingerprint density at radius 3 is 2.48 bits per heavy atom. The molecule has 0 aliphatic heterocycles. The van der Waals surface area contributed by atoms with E-state index in [0.29, 0.717) is 28.7 Å². The standard InChI is InChI=1S/C22H16F3N3O3/c23-22(24,25)16-9-7-14(8-10-16)12-19(29)26-17-5-2-1-4-15(17)13-20-27-21(28-31-20)18-6-3-11-30-18/h1-11H,12-13H2,(H,26,29). The molecule has 158 valence electrons. The van der Waals surface area contributed by atoms with E-state index >= 15 is 0 Å². The lowest BCUT2D eigenvalue weighted by molar-refractivity contribution is -0.137. The third-order valence-electron chi connectivity index (χ3n) is 4.49. The number of amides is 1. The van der Waals surface area contributed by atoms with Gasteiger partial charge in [-0.25, -0.2) is 0 Å². The summed E-state index contributed by atoms with van der Waals surface area (Å²) in [5.41, 5.74) is 1.02. The molecule has 2 aromatic heterocycles. The molecule has 1 amide bonds. The molecule has 0 unspecified atom stereocenters. The van der Waals surface area contributed by atoms with Crippen molar-refractivity contribution in [2.24, 2.45) is 0 Å². The quantitative estimate of drug-likeness (QED) is 0.462. The Morgan fingerprint density at radius 2 is 1.77 bits per heavy atom. The van der Waals surface area contributed by atoms with Crippen LogP contribution in [0.3, 0.4) is 0 Å². The first kappa shape index (κ1) is 20.4. The lowest BCUT2D eigenvalue weighted by atomic mass is 10.1. The predicted molar refractivity (Wildman–Crippen MR) is 105 cm³/mol. The van der Waals surface area contributed by atoms with Crippen molar-refractivity contribution in [2.75, 3.05) is 5.32 Å². The van der Waals surface area contributed by atoms with E-state index in [-0.39, 0.29) is 18.7 Å². The summed E-state index contributed by atoms with van der Waals surface area (Å²) in [5, 5.41) is 6.67. The molecule has 9 heteroatoms. The molecule has 0 saturated heterocycles. The number of benzene rings is 2. The summed E-state index contributed by atoms with van der Waals surface area (Å²) in [5.74, 6) is 0.793. The van der Waals surface area contributed by atoms with E-state index in [2.05, 4.69) is 15.5 Å². The van der Waals surface area contributed by atoms with Crippen LogP contribution in [0.1, 0.15) is 22.6 Å². The fourth-order valence-corrected chi connectivity index (χ4v) is 2.98. The highest BCUT2D eigenvalue weighted by Gasteiger charge is 2.30. The molecule has 4 rings (SSSR count). The average molecular weight is 427 g/mol. The first-order chi connectivity index (χ1) is 14.9. The second kappa shape index (κ2) is 8.47. The first-order valence-corrected chi connectivity index (χ1v) is 9.29. The summed E-state index contributed by atoms with van der Waals surface area (Å²) in [6, 6.07) is 15.0. The number of furan rings is 1. The number of anilines is 1. The van der Waals surface area contributed by atoms with Crippen LogP contribution >= 0.6 is 0 Å². The fraction of sp³-hybridized carbons (Fsp3) is 0.136. The van der Waals surface area contributed by atoms with E-state index < -0.39 is 11.7 Å². The van der Waals surface area contributed by atoms with E-state index in [0.717, 1.165) is 17.7 Å². The molecule has 2 aromatic carbocycles. The minimum absolute atomic E-state index is 0.0599. The number of carbonyl (C=O) groups excluding carboxylic acids is 1. The maximum Gasteiger partial charge on any atom is 0.416 e. The van der Waals surface area contributed by atoms with Gasteiger partial charge in [0.25, 0.3) is 0 Å². The Hall–Kier alpha value is -3.88. The smallest absolute Gasteiger partial charge is 0.416 e. The monoisotopic (exact) mass is 427 g/mol. The van der Waals surface area contributed by atoms with Gasteiger partial charge in [0.15, 0.2) is 5.76 Å². The maximum atomic E-state index is 12.7. The largest absolute Gasteiger partial charge is 0.461 e. The van der Waals surface area contributed by atoms with Gasteiger partial charge in [0, 0.05) is 5.69 Å². The second-order valence-electron chi connectivity index (χ2n) is 6.74. The van der Waals surface area contributed by atoms with Crippen LogP contribution in [0.25, 0.3) is 11.6 Å². The normalized spacial score (nSPS) is 11.5. The summed E-state index contributed by atoms with van der Waals surface area (Å²) in [6.45, 7) is 0. The van der Waals surface area contributed by atoms with E-state index in [9.17, 15) is 18.0 Å². The van der Waals surface area contributed by atoms with E-state index in [4.69, 9.17) is 8.94 Å². The van der Waals surface area contributed by atoms with Crippen molar-refractivity contribution in [1.82, 2.24) is 10.1 Å². The number of para-hydroxylation sites is 1. The van der Waals surface area contributed by atoms with Crippen molar-refractivity contribution in [2.45, 2.75) is 19.0 Å². The molecule has 0 fully saturated rings. The molecule has 0 radical (unpaired) electrons. The average Bonchev–Trinajstić information content (AvgIpc) is 3.41. The van der Waals surface area contributed by atoms with Crippen molar-refractivity contribution in [1.29, 1.82) is 0 Å². The molecular formula is C22H16F3N3O3. The number of hydrogen-bond acceptors (Lipinski definition) is 5. The van der Waals surface area contributed by atoms with Gasteiger partial charge in [-0.2, -0.15) is 18.2 Å². The molecule has 0 saturated carbocycles. The SMILES string of the molecule is O=C(Cc1ccc(C(F)(F)F)cc1)Nc1ccccc1Cc1nc(-c2ccco2)no1. The van der Waals surface area contributed by atoms with Crippen molar-refractivity contribution in [3.63, 3.8) is 0 Å². The van der Waals surface area contributed by atoms with Crippen LogP contribution in [0.4, 0.5) is 18.9 Å². The van der Waals surface area contributed by atoms with Crippen LogP contribution in [0.15, 0.2) is 75.9 Å². The van der Waals surface area contributed by atoms with Crippen LogP contribution in [-0.4, -0.2) is 16.0 Å². The second-order valence-corrected chi connectivity index (χ2v) is 6.74. The van der Waals surface area contributed by atoms with Crippen LogP contribution in [0, 0.1) is 0 Å². The minimum atomic E-state index is -4.41. The van der Waals surface area contributed by atoms with Crippen molar-refractivity contribution in [3.8, 4) is 11.6 Å². The van der Waals surface area contributed by atoms with Gasteiger partial charge >= 0.3 is 6.18 Å². The summed E-state index contributed by atoms with van der Waals surface area (Å²) >= 11 is 0. The van der Waals surface area contributed by atoms with Gasteiger partial charge in [-0.1, -0.05) is 35.5 Å². The summed E-state index contributed by atoms with van der Waals surface area (Å²) < 4.78 is 48.5. The van der Waals surface area contributed by atoms with Gasteiger partial charge in [-0.05, 0) is 41.5 Å². The molecule has 0 aliphatic carbocycles. The van der Waals surface area contributed by atoms with Crippen molar-refractivity contribution < 1.29 is 26.9 Å². The molecule has 31 heavy (non-hydrogen) atoms. The van der Waals surface area contributed by atoms with Crippen molar-refractivity contribution >= 4 is 11.6 Å². The highest BCUT2D eigenvalue weighted by molar-refractivity contribution is 5.93. The molecule has 2 heterocycles. The Labute approximate surface area is 174 Å². The minimum Gasteiger partial charge on any atom is -0.461 e. The van der Waals surface area contributed by atoms with Crippen LogP contribution in [0.2, 0.25) is 0 Å². The number of alkyl halides is 3. The summed E-state index contributed by atoms with van der Waals surface area (Å²) in [7, 11) is 0. The number of carbonyl (C=O) groups is 1. The number of halogens is 3. The number of hydrogen-bond donors (Lipinski definition) is 1. The molecule has 0 atom stereocenters. The van der Waals surface area contributed by atoms with E-state index in [1.54, 1.807) is 24.3 Å². The summed E-state index contributed by atoms with van der Waals surface area (Å²) in [4.78, 5) is 16.7. The van der Waals surface area contributed by atoms with E-state index in [1.807, 2.05) is 12.1 Å². The topological polar surface area (TPSA) is 81.2 Å². The molecular weight excluding hydrogens is 411 g/mol. The fourth-order valence-electron chi connectivity index (χ4n) is 2.98. The lowest BCUT2D eigenvalue weighted by Crippen LogP contribution is -2.16. The molecule has 1 N–H and O–H groups in total. The highest BCUT2D eigenvalue weighted by atomic mass is 19.4. The zero-order chi connectivity index (χ0) is 21.8. The third kappa shape index (κ3) is 5.00. The van der Waals surface area contributed by atoms with E-state index in [1.165, 1.54) is 18.4 Å². The number of rotatable bonds is 6. The Balaban J connectivity index is 1.43. The zero-order valence-electron chi connectivity index (χ0n) is 16.0. The molecule has 0 aliphatic rings. The molecule has 0 bridgehead atoms. The van der Waals surface area contributed by atoms with Crippen molar-refractivity contribution in [3.05, 3.63) is 89.5 Å². The van der Waals surface area contributed by atoms with Gasteiger partial charge in [-0.15, -0.1) is 0 Å². The van der Waals surface area contributed by atoms with Crippen LogP contribution in [-0.2, 0) is 23.8 Å². The van der Waals surface area contributed by atoms with Crippen LogP contribution in [0.5, 0.6) is 0 Å². The molecule has 6 nitrogen and oxygen atoms in total. The van der Waals surface area contributed by atoms with Gasteiger partial charge in [-0.3, -0.25) is 4.79 Å². The van der Waals surface area contributed by atoms with Gasteiger partial charge in [0.2, 0.25) is 17.6 Å². The first-order valence-electron chi connectivity index (χ1n) is 9.29. The number of aromatic nitrogens is 2. The van der Waals surface area contributed by atoms with Crippen LogP contribution < -0.4 is 5.32 Å². The number of nitrogens with zero attached hydrogens (tertiary/aromatic N) is 2. The Kier molecular flexibility index (Phi) is 5.57. The lowest BCUT2D eigenvalue weighted by Gasteiger charge is -2.11. The van der Waals surface area contributed by atoms with Gasteiger partial charge in [0.05, 0.1) is 24.7 Å². The van der Waals surface area contributed by atoms with Gasteiger partial charge < -0.3 is 14.3 Å². The Bertz CT molecular complexity index is 1170.